The van der Waals surface area contributed by atoms with Crippen LogP contribution in [0.2, 0.25) is 0 Å². The number of hydrogen-bond acceptors (Lipinski definition) is 4. The Morgan fingerprint density at radius 3 is 2.90 bits per heavy atom. The van der Waals surface area contributed by atoms with Crippen molar-refractivity contribution in [1.82, 2.24) is 4.90 Å². The lowest BCUT2D eigenvalue weighted by molar-refractivity contribution is -0.274. The van der Waals surface area contributed by atoms with E-state index in [0.717, 1.165) is 13.1 Å². The van der Waals surface area contributed by atoms with Crippen LogP contribution in [0.4, 0.5) is 13.2 Å². The molecule has 118 valence electrons. The minimum absolute atomic E-state index is 0.345. The van der Waals surface area contributed by atoms with Gasteiger partial charge in [0.05, 0.1) is 6.61 Å². The third kappa shape index (κ3) is 4.59. The van der Waals surface area contributed by atoms with E-state index in [2.05, 4.69) is 9.64 Å². The van der Waals surface area contributed by atoms with Crippen molar-refractivity contribution in [3.05, 3.63) is 29.8 Å². The van der Waals surface area contributed by atoms with Gasteiger partial charge in [-0.1, -0.05) is 19.1 Å². The first-order valence-electron chi connectivity index (χ1n) is 6.77. The molecule has 1 heterocycles. The Morgan fingerprint density at radius 1 is 1.48 bits per heavy atom. The second-order valence-electron chi connectivity index (χ2n) is 4.87. The molecule has 1 aromatic rings. The third-order valence-electron chi connectivity index (χ3n) is 3.41. The fourth-order valence-electron chi connectivity index (χ4n) is 2.32. The van der Waals surface area contributed by atoms with Crippen molar-refractivity contribution in [2.24, 2.45) is 0 Å². The molecule has 0 saturated carbocycles. The summed E-state index contributed by atoms with van der Waals surface area (Å²) in [5, 5.41) is 10.3. The van der Waals surface area contributed by atoms with Gasteiger partial charge >= 0.3 is 6.36 Å². The Balaban J connectivity index is 2.08. The molecule has 2 atom stereocenters. The number of rotatable bonds is 4. The van der Waals surface area contributed by atoms with Crippen LogP contribution in [0.5, 0.6) is 5.75 Å². The highest BCUT2D eigenvalue weighted by molar-refractivity contribution is 5.30. The molecule has 7 heteroatoms. The van der Waals surface area contributed by atoms with E-state index in [-0.39, 0.29) is 5.75 Å². The largest absolute Gasteiger partial charge is 0.573 e. The Hall–Kier alpha value is -1.31. The van der Waals surface area contributed by atoms with E-state index >= 15 is 0 Å². The summed E-state index contributed by atoms with van der Waals surface area (Å²) in [4.78, 5) is 2.12. The molecule has 1 aromatic carbocycles. The molecule has 1 aliphatic rings. The summed E-state index contributed by atoms with van der Waals surface area (Å²) in [6.45, 7) is 4.67. The zero-order valence-electron chi connectivity index (χ0n) is 11.6. The van der Waals surface area contributed by atoms with Crippen LogP contribution in [0.15, 0.2) is 24.3 Å². The van der Waals surface area contributed by atoms with Crippen LogP contribution in [0.1, 0.15) is 18.6 Å². The van der Waals surface area contributed by atoms with Gasteiger partial charge in [0.15, 0.2) is 0 Å². The highest BCUT2D eigenvalue weighted by Gasteiger charge is 2.32. The molecular formula is C14H18F3NO3. The molecule has 0 amide bonds. The van der Waals surface area contributed by atoms with Crippen LogP contribution in [-0.4, -0.2) is 48.7 Å². The Bertz CT molecular complexity index is 467. The van der Waals surface area contributed by atoms with Gasteiger partial charge in [0.25, 0.3) is 0 Å². The number of nitrogens with zero attached hydrogens (tertiary/aromatic N) is 1. The van der Waals surface area contributed by atoms with E-state index in [4.69, 9.17) is 4.74 Å². The van der Waals surface area contributed by atoms with Crippen molar-refractivity contribution in [3.63, 3.8) is 0 Å². The lowest BCUT2D eigenvalue weighted by atomic mass is 10.0. The van der Waals surface area contributed by atoms with Crippen LogP contribution >= 0.6 is 0 Å². The fraction of sp³-hybridized carbons (Fsp3) is 0.571. The molecule has 4 nitrogen and oxygen atoms in total. The molecule has 0 bridgehead atoms. The maximum atomic E-state index is 12.2. The molecule has 2 unspecified atom stereocenters. The molecule has 1 saturated heterocycles. The number of benzene rings is 1. The number of morpholine rings is 1. The summed E-state index contributed by atoms with van der Waals surface area (Å²) in [5.74, 6) is -0.345. The van der Waals surface area contributed by atoms with Gasteiger partial charge in [0, 0.05) is 13.1 Å². The van der Waals surface area contributed by atoms with Crippen molar-refractivity contribution >= 4 is 0 Å². The molecule has 1 fully saturated rings. The number of aliphatic hydroxyl groups is 1. The van der Waals surface area contributed by atoms with Crippen LogP contribution in [0.3, 0.4) is 0 Å². The van der Waals surface area contributed by atoms with Crippen molar-refractivity contribution in [3.8, 4) is 5.75 Å². The van der Waals surface area contributed by atoms with E-state index in [9.17, 15) is 18.3 Å². The summed E-state index contributed by atoms with van der Waals surface area (Å²) in [5.41, 5.74) is 0.347. The average molecular weight is 305 g/mol. The van der Waals surface area contributed by atoms with Crippen molar-refractivity contribution in [1.29, 1.82) is 0 Å². The number of likely N-dealkylation sites (N-methyl/N-ethyl adjacent to an activating group) is 1. The molecule has 0 aliphatic carbocycles. The highest BCUT2D eigenvalue weighted by atomic mass is 19.4. The number of hydrogen-bond donors (Lipinski definition) is 1. The lowest BCUT2D eigenvalue weighted by Crippen LogP contribution is -2.44. The first kappa shape index (κ1) is 16.1. The van der Waals surface area contributed by atoms with Crippen LogP contribution in [-0.2, 0) is 4.74 Å². The quantitative estimate of drug-likeness (QED) is 0.927. The van der Waals surface area contributed by atoms with Crippen LogP contribution < -0.4 is 4.74 Å². The first-order chi connectivity index (χ1) is 9.89. The van der Waals surface area contributed by atoms with Gasteiger partial charge in [-0.05, 0) is 24.2 Å². The second-order valence-corrected chi connectivity index (χ2v) is 4.87. The van der Waals surface area contributed by atoms with E-state index in [1.54, 1.807) is 6.07 Å². The summed E-state index contributed by atoms with van der Waals surface area (Å²) < 4.78 is 46.0. The Labute approximate surface area is 121 Å². The molecule has 2 rings (SSSR count). The minimum atomic E-state index is -4.75. The molecule has 0 aromatic heterocycles. The fourth-order valence-corrected chi connectivity index (χ4v) is 2.32. The molecule has 1 N–H and O–H groups in total. The Kier molecular flexibility index (Phi) is 5.08. The van der Waals surface area contributed by atoms with Gasteiger partial charge in [0.2, 0.25) is 0 Å². The maximum Gasteiger partial charge on any atom is 0.573 e. The highest BCUT2D eigenvalue weighted by Crippen LogP contribution is 2.28. The summed E-state index contributed by atoms with van der Waals surface area (Å²) >= 11 is 0. The predicted octanol–water partition coefficient (Wildman–Crippen LogP) is 2.34. The average Bonchev–Trinajstić information content (AvgIpc) is 2.45. The zero-order valence-corrected chi connectivity index (χ0v) is 11.6. The zero-order chi connectivity index (χ0) is 15.5. The molecule has 0 spiro atoms. The van der Waals surface area contributed by atoms with Crippen molar-refractivity contribution in [2.45, 2.75) is 25.5 Å². The molecule has 1 aliphatic heterocycles. The van der Waals surface area contributed by atoms with Gasteiger partial charge in [0.1, 0.15) is 18.0 Å². The van der Waals surface area contributed by atoms with Gasteiger partial charge in [-0.25, -0.2) is 0 Å². The number of aliphatic hydroxyl groups excluding tert-OH is 1. The SMILES string of the molecule is CCN1CCOC(C(O)c2cccc(OC(F)(F)F)c2)C1. The van der Waals surface area contributed by atoms with Gasteiger partial charge in [-0.2, -0.15) is 0 Å². The third-order valence-corrected chi connectivity index (χ3v) is 3.41. The van der Waals surface area contributed by atoms with Gasteiger partial charge in [-0.3, -0.25) is 4.90 Å². The lowest BCUT2D eigenvalue weighted by Gasteiger charge is -2.34. The smallest absolute Gasteiger partial charge is 0.406 e. The maximum absolute atomic E-state index is 12.2. The monoisotopic (exact) mass is 305 g/mol. The van der Waals surface area contributed by atoms with Crippen LogP contribution in [0.25, 0.3) is 0 Å². The number of alkyl halides is 3. The summed E-state index contributed by atoms with van der Waals surface area (Å²) in [7, 11) is 0. The predicted molar refractivity (Wildman–Crippen MR) is 69.9 cm³/mol. The standard InChI is InChI=1S/C14H18F3NO3/c1-2-18-6-7-20-12(9-18)13(19)10-4-3-5-11(8-10)21-14(15,16)17/h3-5,8,12-13,19H,2,6-7,9H2,1H3. The van der Waals surface area contributed by atoms with E-state index in [0.29, 0.717) is 18.7 Å². The molecular weight excluding hydrogens is 287 g/mol. The number of ether oxygens (including phenoxy) is 2. The molecule has 21 heavy (non-hydrogen) atoms. The van der Waals surface area contributed by atoms with E-state index < -0.39 is 18.6 Å². The number of halogens is 3. The van der Waals surface area contributed by atoms with Crippen molar-refractivity contribution < 1.29 is 27.8 Å². The van der Waals surface area contributed by atoms with E-state index in [1.807, 2.05) is 6.92 Å². The van der Waals surface area contributed by atoms with Gasteiger partial charge in [-0.15, -0.1) is 13.2 Å². The van der Waals surface area contributed by atoms with Gasteiger partial charge < -0.3 is 14.6 Å². The van der Waals surface area contributed by atoms with Crippen LogP contribution in [0, 0.1) is 0 Å². The first-order valence-corrected chi connectivity index (χ1v) is 6.77. The summed E-state index contributed by atoms with van der Waals surface area (Å²) in [6, 6.07) is 5.36. The summed E-state index contributed by atoms with van der Waals surface area (Å²) in [6.07, 6.45) is -6.19. The molecule has 0 radical (unpaired) electrons. The Morgan fingerprint density at radius 2 is 2.24 bits per heavy atom. The topological polar surface area (TPSA) is 41.9 Å². The minimum Gasteiger partial charge on any atom is -0.406 e. The normalized spacial score (nSPS) is 22.0. The second kappa shape index (κ2) is 6.64. The van der Waals surface area contributed by atoms with Crippen molar-refractivity contribution in [2.75, 3.05) is 26.2 Å². The van der Waals surface area contributed by atoms with E-state index in [1.165, 1.54) is 18.2 Å².